The van der Waals surface area contributed by atoms with Crippen LogP contribution in [0.15, 0.2) is 48.5 Å². The highest BCUT2D eigenvalue weighted by Gasteiger charge is 2.43. The monoisotopic (exact) mass is 286 g/mol. The molecule has 104 valence electrons. The lowest BCUT2D eigenvalue weighted by Crippen LogP contribution is -2.14. The molecular weight excluding hydrogens is 268 g/mol. The number of hydrogen-bond donors (Lipinski definition) is 1. The highest BCUT2D eigenvalue weighted by Crippen LogP contribution is 2.50. The van der Waals surface area contributed by atoms with Crippen molar-refractivity contribution in [1.82, 2.24) is 0 Å². The summed E-state index contributed by atoms with van der Waals surface area (Å²) in [6.07, 6.45) is 1.42. The number of benzene rings is 2. The topological polar surface area (TPSA) is 20.2 Å². The summed E-state index contributed by atoms with van der Waals surface area (Å²) in [5.41, 5.74) is 3.54. The quantitative estimate of drug-likeness (QED) is 0.886. The number of aliphatic hydroxyl groups is 1. The van der Waals surface area contributed by atoms with E-state index in [1.807, 2.05) is 25.1 Å². The third kappa shape index (κ3) is 2.89. The zero-order chi connectivity index (χ0) is 14.1. The Bertz CT molecular complexity index is 594. The Morgan fingerprint density at radius 2 is 1.95 bits per heavy atom. The largest absolute Gasteiger partial charge is 0.392 e. The number of aryl methyl sites for hydroxylation is 1. The lowest BCUT2D eigenvalue weighted by molar-refractivity contribution is 0.149. The molecule has 0 aromatic heterocycles. The van der Waals surface area contributed by atoms with Crippen molar-refractivity contribution in [3.8, 4) is 0 Å². The second kappa shape index (κ2) is 5.59. The average Bonchev–Trinajstić information content (AvgIpc) is 3.23. The second-order valence-electron chi connectivity index (χ2n) is 5.78. The highest BCUT2D eigenvalue weighted by molar-refractivity contribution is 6.31. The fourth-order valence-corrected chi connectivity index (χ4v) is 3.23. The van der Waals surface area contributed by atoms with Crippen molar-refractivity contribution in [1.29, 1.82) is 0 Å². The Balaban J connectivity index is 1.65. The maximum Gasteiger partial charge on any atom is 0.0615 e. The minimum absolute atomic E-state index is 0.305. The zero-order valence-electron chi connectivity index (χ0n) is 11.6. The first-order chi connectivity index (χ1) is 9.65. The molecule has 0 saturated heterocycles. The van der Waals surface area contributed by atoms with Gasteiger partial charge < -0.3 is 5.11 Å². The van der Waals surface area contributed by atoms with Crippen molar-refractivity contribution in [2.45, 2.75) is 31.8 Å². The SMILES string of the molecule is Cc1ccc(CC(O)C2CC2c2ccccc2)c(Cl)c1. The van der Waals surface area contributed by atoms with Crippen LogP contribution < -0.4 is 0 Å². The summed E-state index contributed by atoms with van der Waals surface area (Å²) in [7, 11) is 0. The van der Waals surface area contributed by atoms with Gasteiger partial charge in [-0.1, -0.05) is 54.1 Å². The molecule has 1 N–H and O–H groups in total. The van der Waals surface area contributed by atoms with E-state index in [2.05, 4.69) is 30.3 Å². The van der Waals surface area contributed by atoms with Crippen LogP contribution in [0.5, 0.6) is 0 Å². The summed E-state index contributed by atoms with van der Waals surface area (Å²) in [6.45, 7) is 2.03. The van der Waals surface area contributed by atoms with Crippen molar-refractivity contribution < 1.29 is 5.11 Å². The Hall–Kier alpha value is -1.31. The molecule has 2 aromatic rings. The molecule has 3 rings (SSSR count). The van der Waals surface area contributed by atoms with Crippen LogP contribution >= 0.6 is 11.6 Å². The molecule has 3 unspecified atom stereocenters. The highest BCUT2D eigenvalue weighted by atomic mass is 35.5. The van der Waals surface area contributed by atoms with Gasteiger partial charge in [-0.2, -0.15) is 0 Å². The van der Waals surface area contributed by atoms with Gasteiger partial charge in [-0.05, 0) is 47.9 Å². The van der Waals surface area contributed by atoms with Crippen LogP contribution in [0.4, 0.5) is 0 Å². The van der Waals surface area contributed by atoms with E-state index in [9.17, 15) is 5.11 Å². The molecule has 1 aliphatic rings. The first-order valence-electron chi connectivity index (χ1n) is 7.13. The van der Waals surface area contributed by atoms with Gasteiger partial charge in [-0.25, -0.2) is 0 Å². The van der Waals surface area contributed by atoms with E-state index < -0.39 is 0 Å². The van der Waals surface area contributed by atoms with Gasteiger partial charge in [0.25, 0.3) is 0 Å². The Kier molecular flexibility index (Phi) is 3.82. The van der Waals surface area contributed by atoms with Crippen LogP contribution in [0.1, 0.15) is 29.0 Å². The minimum Gasteiger partial charge on any atom is -0.392 e. The maximum atomic E-state index is 10.4. The molecule has 1 aliphatic carbocycles. The van der Waals surface area contributed by atoms with Gasteiger partial charge in [0.1, 0.15) is 0 Å². The third-order valence-electron chi connectivity index (χ3n) is 4.20. The normalized spacial score (nSPS) is 22.6. The van der Waals surface area contributed by atoms with Crippen LogP contribution in [0, 0.1) is 12.8 Å². The van der Waals surface area contributed by atoms with E-state index in [0.717, 1.165) is 22.6 Å². The van der Waals surface area contributed by atoms with Gasteiger partial charge >= 0.3 is 0 Å². The molecule has 1 nitrogen and oxygen atoms in total. The third-order valence-corrected chi connectivity index (χ3v) is 4.55. The summed E-state index contributed by atoms with van der Waals surface area (Å²) in [5.74, 6) is 0.880. The minimum atomic E-state index is -0.305. The number of hydrogen-bond acceptors (Lipinski definition) is 1. The number of aliphatic hydroxyl groups excluding tert-OH is 1. The van der Waals surface area contributed by atoms with Gasteiger partial charge in [-0.3, -0.25) is 0 Å². The van der Waals surface area contributed by atoms with Crippen molar-refractivity contribution >= 4 is 11.6 Å². The predicted octanol–water partition coefficient (Wildman–Crippen LogP) is 4.36. The van der Waals surface area contributed by atoms with Crippen LogP contribution in [0.3, 0.4) is 0 Å². The molecule has 2 aromatic carbocycles. The van der Waals surface area contributed by atoms with Crippen molar-refractivity contribution in [2.75, 3.05) is 0 Å². The van der Waals surface area contributed by atoms with E-state index >= 15 is 0 Å². The van der Waals surface area contributed by atoms with Crippen molar-refractivity contribution in [2.24, 2.45) is 5.92 Å². The van der Waals surface area contributed by atoms with E-state index in [1.165, 1.54) is 5.56 Å². The summed E-state index contributed by atoms with van der Waals surface area (Å²) in [6, 6.07) is 16.5. The van der Waals surface area contributed by atoms with E-state index in [-0.39, 0.29) is 6.10 Å². The molecule has 0 bridgehead atoms. The first-order valence-corrected chi connectivity index (χ1v) is 7.51. The number of halogens is 1. The van der Waals surface area contributed by atoms with Crippen LogP contribution in [0.25, 0.3) is 0 Å². The fourth-order valence-electron chi connectivity index (χ4n) is 2.92. The van der Waals surface area contributed by atoms with Crippen LogP contribution in [-0.4, -0.2) is 11.2 Å². The molecule has 0 heterocycles. The van der Waals surface area contributed by atoms with E-state index in [0.29, 0.717) is 18.3 Å². The molecule has 1 fully saturated rings. The molecule has 0 amide bonds. The Morgan fingerprint density at radius 3 is 2.65 bits per heavy atom. The van der Waals surface area contributed by atoms with Crippen LogP contribution in [0.2, 0.25) is 5.02 Å². The Labute approximate surface area is 125 Å². The fraction of sp³-hybridized carbons (Fsp3) is 0.333. The lowest BCUT2D eigenvalue weighted by Gasteiger charge is -2.12. The summed E-state index contributed by atoms with van der Waals surface area (Å²) >= 11 is 6.24. The average molecular weight is 287 g/mol. The van der Waals surface area contributed by atoms with Crippen LogP contribution in [-0.2, 0) is 6.42 Å². The maximum absolute atomic E-state index is 10.4. The zero-order valence-corrected chi connectivity index (χ0v) is 12.3. The standard InChI is InChI=1S/C18H19ClO/c1-12-7-8-14(17(19)9-12)10-18(20)16-11-15(16)13-5-3-2-4-6-13/h2-9,15-16,18,20H,10-11H2,1H3. The van der Waals surface area contributed by atoms with Gasteiger partial charge in [0, 0.05) is 11.4 Å². The molecular formula is C18H19ClO. The number of rotatable bonds is 4. The van der Waals surface area contributed by atoms with Gasteiger partial charge in [0.05, 0.1) is 6.10 Å². The van der Waals surface area contributed by atoms with Crippen molar-refractivity contribution in [3.63, 3.8) is 0 Å². The predicted molar refractivity (Wildman–Crippen MR) is 83.2 cm³/mol. The summed E-state index contributed by atoms with van der Waals surface area (Å²) in [5, 5.41) is 11.2. The van der Waals surface area contributed by atoms with E-state index in [1.54, 1.807) is 0 Å². The van der Waals surface area contributed by atoms with Gasteiger partial charge in [-0.15, -0.1) is 0 Å². The summed E-state index contributed by atoms with van der Waals surface area (Å²) < 4.78 is 0. The second-order valence-corrected chi connectivity index (χ2v) is 6.19. The molecule has 0 spiro atoms. The Morgan fingerprint density at radius 1 is 1.20 bits per heavy atom. The van der Waals surface area contributed by atoms with E-state index in [4.69, 9.17) is 11.6 Å². The molecule has 0 radical (unpaired) electrons. The van der Waals surface area contributed by atoms with Crippen molar-refractivity contribution in [3.05, 3.63) is 70.2 Å². The van der Waals surface area contributed by atoms with Gasteiger partial charge in [0.15, 0.2) is 0 Å². The molecule has 3 atom stereocenters. The first kappa shape index (κ1) is 13.7. The summed E-state index contributed by atoms with van der Waals surface area (Å²) in [4.78, 5) is 0. The molecule has 20 heavy (non-hydrogen) atoms. The smallest absolute Gasteiger partial charge is 0.0615 e. The molecule has 1 saturated carbocycles. The molecule has 2 heteroatoms. The molecule has 0 aliphatic heterocycles. The lowest BCUT2D eigenvalue weighted by atomic mass is 10.0. The van der Waals surface area contributed by atoms with Gasteiger partial charge in [0.2, 0.25) is 0 Å².